The first-order valence-electron chi connectivity index (χ1n) is 6.35. The zero-order valence-corrected chi connectivity index (χ0v) is 11.1. The van der Waals surface area contributed by atoms with Crippen LogP contribution in [0.4, 0.5) is 6.01 Å². The SMILES string of the molecule is CNCc1nnc(N2CC(C)CC(C)C2C)o1. The average molecular weight is 238 g/mol. The molecule has 0 radical (unpaired) electrons. The van der Waals surface area contributed by atoms with E-state index in [9.17, 15) is 0 Å². The van der Waals surface area contributed by atoms with Crippen molar-refractivity contribution in [3.63, 3.8) is 0 Å². The molecule has 1 N–H and O–H groups in total. The lowest BCUT2D eigenvalue weighted by molar-refractivity contribution is 0.281. The molecule has 0 saturated carbocycles. The summed E-state index contributed by atoms with van der Waals surface area (Å²) in [6.07, 6.45) is 1.27. The normalized spacial score (nSPS) is 29.6. The van der Waals surface area contributed by atoms with Gasteiger partial charge in [-0.3, -0.25) is 0 Å². The zero-order chi connectivity index (χ0) is 12.4. The molecular formula is C12H22N4O. The summed E-state index contributed by atoms with van der Waals surface area (Å²) in [5.41, 5.74) is 0. The van der Waals surface area contributed by atoms with E-state index in [0.29, 0.717) is 36.3 Å². The van der Waals surface area contributed by atoms with E-state index < -0.39 is 0 Å². The van der Waals surface area contributed by atoms with Crippen molar-refractivity contribution in [3.05, 3.63) is 5.89 Å². The van der Waals surface area contributed by atoms with Gasteiger partial charge in [0.15, 0.2) is 0 Å². The Bertz CT molecular complexity index is 365. The van der Waals surface area contributed by atoms with Crippen LogP contribution in [0, 0.1) is 11.8 Å². The highest BCUT2D eigenvalue weighted by Crippen LogP contribution is 2.30. The van der Waals surface area contributed by atoms with Crippen molar-refractivity contribution >= 4 is 6.01 Å². The van der Waals surface area contributed by atoms with Gasteiger partial charge in [-0.25, -0.2) is 0 Å². The molecule has 0 bridgehead atoms. The minimum absolute atomic E-state index is 0.467. The van der Waals surface area contributed by atoms with Crippen LogP contribution in [0.2, 0.25) is 0 Å². The summed E-state index contributed by atoms with van der Waals surface area (Å²) in [6.45, 7) is 8.43. The Kier molecular flexibility index (Phi) is 3.66. The van der Waals surface area contributed by atoms with Crippen molar-refractivity contribution < 1.29 is 4.42 Å². The quantitative estimate of drug-likeness (QED) is 0.868. The van der Waals surface area contributed by atoms with Crippen molar-refractivity contribution in [3.8, 4) is 0 Å². The van der Waals surface area contributed by atoms with E-state index in [1.54, 1.807) is 0 Å². The molecule has 2 heterocycles. The molecule has 5 heteroatoms. The van der Waals surface area contributed by atoms with Gasteiger partial charge in [-0.2, -0.15) is 0 Å². The number of anilines is 1. The van der Waals surface area contributed by atoms with Crippen LogP contribution in [0.25, 0.3) is 0 Å². The molecule has 96 valence electrons. The molecule has 2 rings (SSSR count). The van der Waals surface area contributed by atoms with E-state index >= 15 is 0 Å². The second kappa shape index (κ2) is 5.04. The highest BCUT2D eigenvalue weighted by Gasteiger charge is 2.31. The van der Waals surface area contributed by atoms with Crippen LogP contribution in [0.15, 0.2) is 4.42 Å². The highest BCUT2D eigenvalue weighted by molar-refractivity contribution is 5.28. The fourth-order valence-electron chi connectivity index (χ4n) is 2.55. The summed E-state index contributed by atoms with van der Waals surface area (Å²) in [5.74, 6) is 2.00. The molecule has 3 unspecified atom stereocenters. The molecule has 17 heavy (non-hydrogen) atoms. The summed E-state index contributed by atoms with van der Waals surface area (Å²) in [6, 6.07) is 1.13. The summed E-state index contributed by atoms with van der Waals surface area (Å²) in [4.78, 5) is 2.24. The van der Waals surface area contributed by atoms with E-state index in [-0.39, 0.29) is 0 Å². The van der Waals surface area contributed by atoms with Crippen LogP contribution >= 0.6 is 0 Å². The fourth-order valence-corrected chi connectivity index (χ4v) is 2.55. The Morgan fingerprint density at radius 1 is 1.35 bits per heavy atom. The Morgan fingerprint density at radius 2 is 2.12 bits per heavy atom. The Labute approximate surface area is 103 Å². The number of nitrogens with one attached hydrogen (secondary N) is 1. The minimum Gasteiger partial charge on any atom is -0.407 e. The molecule has 0 aromatic carbocycles. The van der Waals surface area contributed by atoms with Gasteiger partial charge in [-0.15, -0.1) is 5.10 Å². The van der Waals surface area contributed by atoms with Gasteiger partial charge in [0.1, 0.15) is 0 Å². The van der Waals surface area contributed by atoms with Gasteiger partial charge < -0.3 is 14.6 Å². The largest absolute Gasteiger partial charge is 0.407 e. The van der Waals surface area contributed by atoms with Gasteiger partial charge in [0.05, 0.1) is 6.54 Å². The zero-order valence-electron chi connectivity index (χ0n) is 11.1. The maximum Gasteiger partial charge on any atom is 0.318 e. The van der Waals surface area contributed by atoms with Crippen molar-refractivity contribution in [2.45, 2.75) is 39.8 Å². The van der Waals surface area contributed by atoms with Crippen molar-refractivity contribution in [1.82, 2.24) is 15.5 Å². The summed E-state index contributed by atoms with van der Waals surface area (Å²) in [7, 11) is 1.87. The van der Waals surface area contributed by atoms with Gasteiger partial charge in [0.25, 0.3) is 0 Å². The molecule has 0 spiro atoms. The van der Waals surface area contributed by atoms with Crippen LogP contribution in [0.1, 0.15) is 33.1 Å². The van der Waals surface area contributed by atoms with Gasteiger partial charge in [-0.1, -0.05) is 18.9 Å². The molecule has 1 aliphatic rings. The van der Waals surface area contributed by atoms with Gasteiger partial charge >= 0.3 is 6.01 Å². The minimum atomic E-state index is 0.467. The van der Waals surface area contributed by atoms with Crippen LogP contribution in [0.3, 0.4) is 0 Å². The Balaban J connectivity index is 2.13. The van der Waals surface area contributed by atoms with Crippen LogP contribution < -0.4 is 10.2 Å². The van der Waals surface area contributed by atoms with E-state index in [0.717, 1.165) is 6.54 Å². The molecule has 1 aliphatic heterocycles. The number of hydrogen-bond acceptors (Lipinski definition) is 5. The van der Waals surface area contributed by atoms with Crippen molar-refractivity contribution in [2.24, 2.45) is 11.8 Å². The van der Waals surface area contributed by atoms with E-state index in [4.69, 9.17) is 4.42 Å². The Morgan fingerprint density at radius 3 is 2.82 bits per heavy atom. The van der Waals surface area contributed by atoms with E-state index in [1.165, 1.54) is 6.42 Å². The third kappa shape index (κ3) is 2.60. The first kappa shape index (κ1) is 12.4. The third-order valence-electron chi connectivity index (χ3n) is 3.63. The lowest BCUT2D eigenvalue weighted by Crippen LogP contribution is -2.46. The molecule has 1 fully saturated rings. The van der Waals surface area contributed by atoms with Gasteiger partial charge in [-0.05, 0) is 32.2 Å². The number of piperidine rings is 1. The highest BCUT2D eigenvalue weighted by atomic mass is 16.4. The van der Waals surface area contributed by atoms with E-state index in [2.05, 4.69) is 41.2 Å². The smallest absolute Gasteiger partial charge is 0.318 e. The van der Waals surface area contributed by atoms with Crippen LogP contribution in [0.5, 0.6) is 0 Å². The second-order valence-corrected chi connectivity index (χ2v) is 5.22. The lowest BCUT2D eigenvalue weighted by Gasteiger charge is -2.39. The van der Waals surface area contributed by atoms with Gasteiger partial charge in [0, 0.05) is 12.6 Å². The average Bonchev–Trinajstić information content (AvgIpc) is 2.72. The monoisotopic (exact) mass is 238 g/mol. The maximum atomic E-state index is 5.67. The predicted octanol–water partition coefficient (Wildman–Crippen LogP) is 1.66. The molecule has 3 atom stereocenters. The van der Waals surface area contributed by atoms with Crippen LogP contribution in [-0.4, -0.2) is 29.8 Å². The van der Waals surface area contributed by atoms with E-state index in [1.807, 2.05) is 7.05 Å². The number of nitrogens with zero attached hydrogens (tertiary/aromatic N) is 3. The first-order valence-corrected chi connectivity index (χ1v) is 6.35. The number of aromatic nitrogens is 2. The summed E-state index contributed by atoms with van der Waals surface area (Å²) < 4.78 is 5.67. The Hall–Kier alpha value is -1.10. The van der Waals surface area contributed by atoms with Gasteiger partial charge in [0.2, 0.25) is 5.89 Å². The predicted molar refractivity (Wildman–Crippen MR) is 66.8 cm³/mol. The van der Waals surface area contributed by atoms with Crippen molar-refractivity contribution in [1.29, 1.82) is 0 Å². The fraction of sp³-hybridized carbons (Fsp3) is 0.833. The standard InChI is InChI=1S/C12H22N4O/c1-8-5-9(2)10(3)16(7-8)12-15-14-11(17-12)6-13-4/h8-10,13H,5-7H2,1-4H3. The molecule has 0 amide bonds. The topological polar surface area (TPSA) is 54.2 Å². The summed E-state index contributed by atoms with van der Waals surface area (Å²) >= 11 is 0. The summed E-state index contributed by atoms with van der Waals surface area (Å²) in [5, 5.41) is 11.2. The van der Waals surface area contributed by atoms with Crippen molar-refractivity contribution in [2.75, 3.05) is 18.5 Å². The number of rotatable bonds is 3. The lowest BCUT2D eigenvalue weighted by atomic mass is 9.86. The maximum absolute atomic E-state index is 5.67. The molecule has 1 aromatic rings. The molecule has 1 saturated heterocycles. The molecule has 5 nitrogen and oxygen atoms in total. The molecule has 0 aliphatic carbocycles. The second-order valence-electron chi connectivity index (χ2n) is 5.22. The molecule has 1 aromatic heterocycles. The number of hydrogen-bond donors (Lipinski definition) is 1. The van der Waals surface area contributed by atoms with Crippen LogP contribution in [-0.2, 0) is 6.54 Å². The third-order valence-corrected chi connectivity index (χ3v) is 3.63. The molecular weight excluding hydrogens is 216 g/mol. The first-order chi connectivity index (χ1) is 8.11.